The molecule has 2 saturated heterocycles. The van der Waals surface area contributed by atoms with Crippen molar-refractivity contribution in [1.82, 2.24) is 9.80 Å². The van der Waals surface area contributed by atoms with Crippen molar-refractivity contribution in [3.05, 3.63) is 0 Å². The van der Waals surface area contributed by atoms with Crippen LogP contribution in [0.3, 0.4) is 0 Å². The third-order valence-corrected chi connectivity index (χ3v) is 4.22. The maximum absolute atomic E-state index is 12.4. The van der Waals surface area contributed by atoms with E-state index in [4.69, 9.17) is 4.74 Å². The van der Waals surface area contributed by atoms with Crippen LogP contribution in [0.4, 0.5) is 0 Å². The highest BCUT2D eigenvalue weighted by Crippen LogP contribution is 2.19. The van der Waals surface area contributed by atoms with Crippen molar-refractivity contribution in [2.24, 2.45) is 0 Å². The van der Waals surface area contributed by atoms with Crippen LogP contribution in [0.25, 0.3) is 0 Å². The molecule has 0 saturated carbocycles. The van der Waals surface area contributed by atoms with E-state index in [2.05, 4.69) is 0 Å². The number of carbonyl (C=O) groups excluding carboxylic acids is 2. The molecule has 1 amide bonds. The Morgan fingerprint density at radius 3 is 2.40 bits per heavy atom. The number of amides is 1. The van der Waals surface area contributed by atoms with E-state index >= 15 is 0 Å². The van der Waals surface area contributed by atoms with E-state index in [1.54, 1.807) is 0 Å². The summed E-state index contributed by atoms with van der Waals surface area (Å²) in [5.74, 6) is -0.00300. The van der Waals surface area contributed by atoms with Gasteiger partial charge in [0.1, 0.15) is 6.04 Å². The average Bonchev–Trinajstić information content (AvgIpc) is 2.72. The second-order valence-electron chi connectivity index (χ2n) is 5.68. The van der Waals surface area contributed by atoms with Crippen LogP contribution in [0.5, 0.6) is 0 Å². The van der Waals surface area contributed by atoms with Crippen LogP contribution >= 0.6 is 0 Å². The van der Waals surface area contributed by atoms with E-state index in [9.17, 15) is 9.59 Å². The number of likely N-dealkylation sites (tertiary alicyclic amines) is 2. The van der Waals surface area contributed by atoms with Crippen molar-refractivity contribution in [3.63, 3.8) is 0 Å². The van der Waals surface area contributed by atoms with Gasteiger partial charge < -0.3 is 9.64 Å². The first-order chi connectivity index (χ1) is 9.72. The average molecular weight is 282 g/mol. The lowest BCUT2D eigenvalue weighted by Crippen LogP contribution is -2.45. The van der Waals surface area contributed by atoms with Gasteiger partial charge in [0.15, 0.2) is 0 Å². The van der Waals surface area contributed by atoms with Crippen molar-refractivity contribution in [1.29, 1.82) is 0 Å². The van der Waals surface area contributed by atoms with Crippen molar-refractivity contribution < 1.29 is 14.3 Å². The van der Waals surface area contributed by atoms with Crippen LogP contribution in [0.15, 0.2) is 0 Å². The molecule has 1 unspecified atom stereocenters. The lowest BCUT2D eigenvalue weighted by Gasteiger charge is -2.26. The number of rotatable bonds is 4. The standard InChI is InChI=1S/C15H26N2O3/c1-2-20-15(19)13-8-7-11-17(13)12-14(18)16-9-5-3-4-6-10-16/h13H,2-12H2,1H3. The maximum Gasteiger partial charge on any atom is 0.323 e. The highest BCUT2D eigenvalue weighted by Gasteiger charge is 2.33. The Labute approximate surface area is 121 Å². The van der Waals surface area contributed by atoms with Gasteiger partial charge in [-0.05, 0) is 39.2 Å². The van der Waals surface area contributed by atoms with Gasteiger partial charge in [-0.3, -0.25) is 14.5 Å². The number of hydrogen-bond acceptors (Lipinski definition) is 4. The Hall–Kier alpha value is -1.10. The SMILES string of the molecule is CCOC(=O)C1CCCN1CC(=O)N1CCCCCC1. The molecule has 0 aromatic rings. The van der Waals surface area contributed by atoms with E-state index in [1.165, 1.54) is 12.8 Å². The summed E-state index contributed by atoms with van der Waals surface area (Å²) < 4.78 is 5.10. The fourth-order valence-corrected chi connectivity index (χ4v) is 3.11. The lowest BCUT2D eigenvalue weighted by atomic mass is 10.2. The zero-order valence-electron chi connectivity index (χ0n) is 12.5. The molecule has 1 atom stereocenters. The van der Waals surface area contributed by atoms with Crippen molar-refractivity contribution >= 4 is 11.9 Å². The van der Waals surface area contributed by atoms with Crippen LogP contribution in [-0.4, -0.2) is 60.5 Å². The van der Waals surface area contributed by atoms with Crippen LogP contribution in [0.1, 0.15) is 45.4 Å². The van der Waals surface area contributed by atoms with Crippen LogP contribution in [0.2, 0.25) is 0 Å². The zero-order chi connectivity index (χ0) is 14.4. The summed E-state index contributed by atoms with van der Waals surface area (Å²) in [6.07, 6.45) is 6.43. The summed E-state index contributed by atoms with van der Waals surface area (Å²) >= 11 is 0. The Morgan fingerprint density at radius 1 is 1.05 bits per heavy atom. The third-order valence-electron chi connectivity index (χ3n) is 4.22. The van der Waals surface area contributed by atoms with E-state index in [0.29, 0.717) is 13.2 Å². The monoisotopic (exact) mass is 282 g/mol. The number of carbonyl (C=O) groups is 2. The second kappa shape index (κ2) is 7.62. The molecule has 2 aliphatic heterocycles. The summed E-state index contributed by atoms with van der Waals surface area (Å²) in [4.78, 5) is 28.2. The molecule has 5 heteroatoms. The Kier molecular flexibility index (Phi) is 5.83. The topological polar surface area (TPSA) is 49.9 Å². The Bertz CT molecular complexity index is 338. The minimum Gasteiger partial charge on any atom is -0.465 e. The zero-order valence-corrected chi connectivity index (χ0v) is 12.5. The highest BCUT2D eigenvalue weighted by molar-refractivity contribution is 5.81. The van der Waals surface area contributed by atoms with Crippen molar-refractivity contribution in [3.8, 4) is 0 Å². The van der Waals surface area contributed by atoms with Gasteiger partial charge in [-0.15, -0.1) is 0 Å². The minimum absolute atomic E-state index is 0.170. The molecule has 0 radical (unpaired) electrons. The summed E-state index contributed by atoms with van der Waals surface area (Å²) in [7, 11) is 0. The summed E-state index contributed by atoms with van der Waals surface area (Å²) in [5.41, 5.74) is 0. The predicted molar refractivity (Wildman–Crippen MR) is 76.3 cm³/mol. The fraction of sp³-hybridized carbons (Fsp3) is 0.867. The van der Waals surface area contributed by atoms with Gasteiger partial charge in [-0.1, -0.05) is 12.8 Å². The molecule has 0 bridgehead atoms. The summed E-state index contributed by atoms with van der Waals surface area (Å²) in [6, 6.07) is -0.217. The van der Waals surface area contributed by atoms with E-state index in [0.717, 1.165) is 45.3 Å². The van der Waals surface area contributed by atoms with Gasteiger partial charge in [-0.25, -0.2) is 0 Å². The molecule has 2 heterocycles. The molecule has 20 heavy (non-hydrogen) atoms. The molecule has 0 aliphatic carbocycles. The highest BCUT2D eigenvalue weighted by atomic mass is 16.5. The number of esters is 1. The van der Waals surface area contributed by atoms with Crippen molar-refractivity contribution in [2.45, 2.75) is 51.5 Å². The van der Waals surface area contributed by atoms with Gasteiger partial charge in [0.25, 0.3) is 0 Å². The van der Waals surface area contributed by atoms with E-state index in [1.807, 2.05) is 16.7 Å². The molecular formula is C15H26N2O3. The third kappa shape index (κ3) is 3.95. The molecule has 0 N–H and O–H groups in total. The number of nitrogens with zero attached hydrogens (tertiary/aromatic N) is 2. The first-order valence-corrected chi connectivity index (χ1v) is 7.91. The number of ether oxygens (including phenoxy) is 1. The predicted octanol–water partition coefficient (Wildman–Crippen LogP) is 1.42. The number of hydrogen-bond donors (Lipinski definition) is 0. The van der Waals surface area contributed by atoms with E-state index < -0.39 is 0 Å². The molecule has 2 fully saturated rings. The Balaban J connectivity index is 1.87. The Morgan fingerprint density at radius 2 is 1.75 bits per heavy atom. The normalized spacial score (nSPS) is 24.4. The lowest BCUT2D eigenvalue weighted by molar-refractivity contribution is -0.149. The maximum atomic E-state index is 12.4. The largest absolute Gasteiger partial charge is 0.465 e. The van der Waals surface area contributed by atoms with Gasteiger partial charge >= 0.3 is 5.97 Å². The van der Waals surface area contributed by atoms with Gasteiger partial charge in [0.2, 0.25) is 5.91 Å². The van der Waals surface area contributed by atoms with Gasteiger partial charge in [0, 0.05) is 13.1 Å². The second-order valence-corrected chi connectivity index (χ2v) is 5.68. The molecule has 0 aromatic carbocycles. The van der Waals surface area contributed by atoms with Gasteiger partial charge in [0.05, 0.1) is 13.2 Å². The van der Waals surface area contributed by atoms with Gasteiger partial charge in [-0.2, -0.15) is 0 Å². The molecular weight excluding hydrogens is 256 g/mol. The van der Waals surface area contributed by atoms with Crippen LogP contribution in [-0.2, 0) is 14.3 Å². The minimum atomic E-state index is -0.217. The summed E-state index contributed by atoms with van der Waals surface area (Å²) in [6.45, 7) is 5.16. The van der Waals surface area contributed by atoms with Crippen molar-refractivity contribution in [2.75, 3.05) is 32.8 Å². The molecule has 0 aromatic heterocycles. The smallest absolute Gasteiger partial charge is 0.323 e. The molecule has 0 spiro atoms. The molecule has 2 aliphatic rings. The molecule has 5 nitrogen and oxygen atoms in total. The van der Waals surface area contributed by atoms with E-state index in [-0.39, 0.29) is 17.9 Å². The first-order valence-electron chi connectivity index (χ1n) is 7.91. The first kappa shape index (κ1) is 15.3. The fourth-order valence-electron chi connectivity index (χ4n) is 3.11. The summed E-state index contributed by atoms with van der Waals surface area (Å²) in [5, 5.41) is 0. The quantitative estimate of drug-likeness (QED) is 0.732. The molecule has 2 rings (SSSR count). The van der Waals surface area contributed by atoms with Crippen LogP contribution < -0.4 is 0 Å². The van der Waals surface area contributed by atoms with Crippen LogP contribution in [0, 0.1) is 0 Å². The molecule has 114 valence electrons.